The topological polar surface area (TPSA) is 88.0 Å². The van der Waals surface area contributed by atoms with Crippen LogP contribution in [-0.4, -0.2) is 83.1 Å². The van der Waals surface area contributed by atoms with Gasteiger partial charge in [-0.3, -0.25) is 4.79 Å². The zero-order valence-corrected chi connectivity index (χ0v) is 19.4. The molecule has 3 atom stereocenters. The van der Waals surface area contributed by atoms with Gasteiger partial charge in [0.2, 0.25) is 5.95 Å². The summed E-state index contributed by atoms with van der Waals surface area (Å²) in [4.78, 5) is 25.1. The van der Waals surface area contributed by atoms with Gasteiger partial charge < -0.3 is 24.4 Å². The Bertz CT molecular complexity index is 799. The molecule has 3 fully saturated rings. The van der Waals surface area contributed by atoms with Gasteiger partial charge in [-0.25, -0.2) is 9.97 Å². The van der Waals surface area contributed by atoms with Gasteiger partial charge in [-0.15, -0.1) is 0 Å². The number of carbonyl (C=O) groups excluding carboxylic acids is 1. The van der Waals surface area contributed by atoms with Crippen molar-refractivity contribution in [2.75, 3.05) is 38.7 Å². The van der Waals surface area contributed by atoms with E-state index >= 15 is 0 Å². The van der Waals surface area contributed by atoms with Crippen molar-refractivity contribution in [2.45, 2.75) is 76.3 Å². The first-order valence-electron chi connectivity index (χ1n) is 11.3. The number of amides is 1. The molecule has 0 unspecified atom stereocenters. The maximum Gasteiger partial charge on any atom is 0.256 e. The van der Waals surface area contributed by atoms with Crippen molar-refractivity contribution in [1.82, 2.24) is 14.9 Å². The maximum absolute atomic E-state index is 12.9. The van der Waals surface area contributed by atoms with Crippen LogP contribution in [0.1, 0.15) is 63.2 Å². The monoisotopic (exact) mass is 432 g/mol. The summed E-state index contributed by atoms with van der Waals surface area (Å²) in [5.41, 5.74) is -0.557. The Hall–Kier alpha value is -1.77. The molecule has 4 rings (SSSR count). The van der Waals surface area contributed by atoms with Gasteiger partial charge in [-0.05, 0) is 58.3 Å². The molecule has 3 saturated heterocycles. The number of rotatable bonds is 4. The first-order valence-corrected chi connectivity index (χ1v) is 11.3. The zero-order valence-electron chi connectivity index (χ0n) is 19.4. The number of carbonyl (C=O) groups is 1. The maximum atomic E-state index is 12.9. The second-order valence-electron chi connectivity index (χ2n) is 10.6. The minimum Gasteiger partial charge on any atom is -0.388 e. The number of piperidine rings is 1. The van der Waals surface area contributed by atoms with Crippen LogP contribution in [0.25, 0.3) is 0 Å². The number of hydrogen-bond donors (Lipinski definition) is 1. The highest BCUT2D eigenvalue weighted by molar-refractivity contribution is 5.93. The van der Waals surface area contributed by atoms with Gasteiger partial charge in [0, 0.05) is 39.6 Å². The van der Waals surface area contributed by atoms with E-state index in [1.807, 2.05) is 37.7 Å². The summed E-state index contributed by atoms with van der Waals surface area (Å²) in [5, 5.41) is 10.3. The molecule has 3 aliphatic heterocycles. The second kappa shape index (κ2) is 7.98. The van der Waals surface area contributed by atoms with Crippen molar-refractivity contribution in [2.24, 2.45) is 5.41 Å². The van der Waals surface area contributed by atoms with E-state index in [9.17, 15) is 9.90 Å². The van der Waals surface area contributed by atoms with Gasteiger partial charge in [0.25, 0.3) is 5.91 Å². The van der Waals surface area contributed by atoms with Crippen molar-refractivity contribution < 1.29 is 19.4 Å². The summed E-state index contributed by atoms with van der Waals surface area (Å²) in [6, 6.07) is 0. The Morgan fingerprint density at radius 1 is 1.23 bits per heavy atom. The second-order valence-corrected chi connectivity index (χ2v) is 10.6. The molecule has 3 aliphatic rings. The van der Waals surface area contributed by atoms with E-state index < -0.39 is 5.60 Å². The van der Waals surface area contributed by atoms with Crippen molar-refractivity contribution in [3.8, 4) is 0 Å². The summed E-state index contributed by atoms with van der Waals surface area (Å²) in [6.07, 6.45) is 7.66. The highest BCUT2D eigenvalue weighted by Gasteiger charge is 2.53. The number of ether oxygens (including phenoxy) is 2. The van der Waals surface area contributed by atoms with Crippen molar-refractivity contribution in [1.29, 1.82) is 0 Å². The molecule has 1 amide bonds. The van der Waals surface area contributed by atoms with Crippen LogP contribution in [0.2, 0.25) is 0 Å². The first-order chi connectivity index (χ1) is 14.5. The lowest BCUT2D eigenvalue weighted by Crippen LogP contribution is -2.45. The van der Waals surface area contributed by atoms with Gasteiger partial charge >= 0.3 is 0 Å². The van der Waals surface area contributed by atoms with Crippen LogP contribution in [0.15, 0.2) is 12.4 Å². The fourth-order valence-corrected chi connectivity index (χ4v) is 5.15. The molecule has 31 heavy (non-hydrogen) atoms. The Labute approximate surface area is 184 Å². The third-order valence-corrected chi connectivity index (χ3v) is 7.39. The molecule has 0 radical (unpaired) electrons. The molecular formula is C23H36N4O4. The molecule has 172 valence electrons. The minimum atomic E-state index is -0.839. The Morgan fingerprint density at radius 2 is 1.87 bits per heavy atom. The minimum absolute atomic E-state index is 0.00488. The third kappa shape index (κ3) is 4.43. The lowest BCUT2D eigenvalue weighted by Gasteiger charge is -2.39. The van der Waals surface area contributed by atoms with E-state index in [0.29, 0.717) is 31.2 Å². The van der Waals surface area contributed by atoms with Crippen LogP contribution in [-0.2, 0) is 9.47 Å². The van der Waals surface area contributed by atoms with Crippen LogP contribution >= 0.6 is 0 Å². The molecule has 4 heterocycles. The average molecular weight is 433 g/mol. The summed E-state index contributed by atoms with van der Waals surface area (Å²) >= 11 is 0. The van der Waals surface area contributed by atoms with Gasteiger partial charge in [0.05, 0.1) is 35.6 Å². The van der Waals surface area contributed by atoms with Gasteiger partial charge in [-0.1, -0.05) is 0 Å². The van der Waals surface area contributed by atoms with E-state index in [0.717, 1.165) is 32.1 Å². The number of aliphatic hydroxyl groups is 1. The fraction of sp³-hybridized carbons (Fsp3) is 0.783. The largest absolute Gasteiger partial charge is 0.388 e. The summed E-state index contributed by atoms with van der Waals surface area (Å²) in [5.74, 6) is 0.590. The van der Waals surface area contributed by atoms with E-state index in [4.69, 9.17) is 9.47 Å². The molecule has 8 nitrogen and oxygen atoms in total. The van der Waals surface area contributed by atoms with Crippen LogP contribution < -0.4 is 4.90 Å². The Balaban J connectivity index is 1.34. The number of likely N-dealkylation sites (tertiary alicyclic amines) is 1. The molecule has 1 aromatic heterocycles. The number of anilines is 1. The van der Waals surface area contributed by atoms with Crippen molar-refractivity contribution in [3.05, 3.63) is 18.0 Å². The Kier molecular flexibility index (Phi) is 5.77. The Morgan fingerprint density at radius 3 is 2.42 bits per heavy atom. The molecule has 1 aromatic rings. The smallest absolute Gasteiger partial charge is 0.256 e. The zero-order chi connectivity index (χ0) is 22.4. The molecule has 0 bridgehead atoms. The first kappa shape index (κ1) is 22.4. The summed E-state index contributed by atoms with van der Waals surface area (Å²) in [6.45, 7) is 7.89. The SMILES string of the molecule is CN(C)c1ncc(C(=O)N2CCC3(CC2)CO[C@H]([C@@]2(C)CC[C@@H](C(C)(C)O)O2)C3)cn1. The summed E-state index contributed by atoms with van der Waals surface area (Å²) in [7, 11) is 3.75. The van der Waals surface area contributed by atoms with Crippen LogP contribution in [0.4, 0.5) is 5.95 Å². The van der Waals surface area contributed by atoms with Crippen molar-refractivity contribution in [3.63, 3.8) is 0 Å². The van der Waals surface area contributed by atoms with Gasteiger partial charge in [0.15, 0.2) is 0 Å². The molecule has 0 saturated carbocycles. The van der Waals surface area contributed by atoms with Gasteiger partial charge in [0.1, 0.15) is 0 Å². The normalized spacial score (nSPS) is 30.7. The standard InChI is InChI=1S/C23H36N4O4/c1-21(2,29)17-6-7-22(3,31-17)18-12-23(15-30-18)8-10-27(11-9-23)19(28)16-13-24-20(25-14-16)26(4)5/h13-14,17-18,29H,6-12,15H2,1-5H3/t17-,18-,22+/m0/s1. The lowest BCUT2D eigenvalue weighted by molar-refractivity contribution is -0.155. The van der Waals surface area contributed by atoms with Crippen LogP contribution in [0.3, 0.4) is 0 Å². The highest BCUT2D eigenvalue weighted by atomic mass is 16.6. The van der Waals surface area contributed by atoms with E-state index in [2.05, 4.69) is 16.9 Å². The number of aromatic nitrogens is 2. The molecule has 1 spiro atoms. The van der Waals surface area contributed by atoms with E-state index in [1.54, 1.807) is 12.4 Å². The van der Waals surface area contributed by atoms with E-state index in [-0.39, 0.29) is 29.1 Å². The molecule has 0 aliphatic carbocycles. The number of hydrogen-bond acceptors (Lipinski definition) is 7. The molecule has 8 heteroatoms. The third-order valence-electron chi connectivity index (χ3n) is 7.39. The summed E-state index contributed by atoms with van der Waals surface area (Å²) < 4.78 is 12.6. The predicted molar refractivity (Wildman–Crippen MR) is 117 cm³/mol. The molecular weight excluding hydrogens is 396 g/mol. The van der Waals surface area contributed by atoms with Crippen LogP contribution in [0.5, 0.6) is 0 Å². The molecule has 0 aromatic carbocycles. The molecule has 1 N–H and O–H groups in total. The number of nitrogens with zero attached hydrogens (tertiary/aromatic N) is 4. The fourth-order valence-electron chi connectivity index (χ4n) is 5.15. The van der Waals surface area contributed by atoms with Crippen molar-refractivity contribution >= 4 is 11.9 Å². The van der Waals surface area contributed by atoms with Crippen LogP contribution in [0, 0.1) is 5.41 Å². The average Bonchev–Trinajstić information content (AvgIpc) is 3.34. The van der Waals surface area contributed by atoms with E-state index in [1.165, 1.54) is 0 Å². The quantitative estimate of drug-likeness (QED) is 0.781. The highest BCUT2D eigenvalue weighted by Crippen LogP contribution is 2.49. The van der Waals surface area contributed by atoms with Gasteiger partial charge in [-0.2, -0.15) is 0 Å². The predicted octanol–water partition coefficient (Wildman–Crippen LogP) is 2.26. The lowest BCUT2D eigenvalue weighted by atomic mass is 9.74.